The summed E-state index contributed by atoms with van der Waals surface area (Å²) in [5.74, 6) is 0.101. The van der Waals surface area contributed by atoms with Gasteiger partial charge >= 0.3 is 0 Å². The normalized spacial score (nSPS) is 10.6. The smallest absolute Gasteiger partial charge is 0.271 e. The van der Waals surface area contributed by atoms with Crippen molar-refractivity contribution in [1.82, 2.24) is 5.43 Å². The number of nitrogens with one attached hydrogen (secondary N) is 2. The van der Waals surface area contributed by atoms with E-state index in [-0.39, 0.29) is 18.4 Å². The zero-order chi connectivity index (χ0) is 22.9. The van der Waals surface area contributed by atoms with E-state index >= 15 is 0 Å². The molecular formula is C23H19BrClN3O4. The van der Waals surface area contributed by atoms with Gasteiger partial charge in [-0.15, -0.1) is 0 Å². The molecule has 2 N–H and O–H groups in total. The van der Waals surface area contributed by atoms with Gasteiger partial charge in [-0.1, -0.05) is 29.8 Å². The molecule has 0 fully saturated rings. The molecule has 0 aliphatic heterocycles. The Morgan fingerprint density at radius 2 is 1.81 bits per heavy atom. The number of rotatable bonds is 8. The molecule has 3 aromatic carbocycles. The van der Waals surface area contributed by atoms with Crippen LogP contribution in [-0.4, -0.2) is 31.7 Å². The lowest BCUT2D eigenvalue weighted by atomic mass is 10.2. The molecule has 3 aromatic rings. The molecule has 0 aliphatic carbocycles. The van der Waals surface area contributed by atoms with Gasteiger partial charge in [-0.05, 0) is 70.0 Å². The Morgan fingerprint density at radius 1 is 1.09 bits per heavy atom. The van der Waals surface area contributed by atoms with Crippen molar-refractivity contribution in [3.05, 3.63) is 87.4 Å². The van der Waals surface area contributed by atoms with Crippen LogP contribution in [0.5, 0.6) is 11.5 Å². The predicted octanol–water partition coefficient (Wildman–Crippen LogP) is 4.89. The molecule has 9 heteroatoms. The summed E-state index contributed by atoms with van der Waals surface area (Å²) >= 11 is 9.24. The lowest BCUT2D eigenvalue weighted by Gasteiger charge is -2.13. The maximum Gasteiger partial charge on any atom is 0.271 e. The fourth-order valence-corrected chi connectivity index (χ4v) is 3.34. The van der Waals surface area contributed by atoms with Gasteiger partial charge in [-0.25, -0.2) is 5.43 Å². The van der Waals surface area contributed by atoms with Gasteiger partial charge in [0, 0.05) is 16.3 Å². The van der Waals surface area contributed by atoms with E-state index in [0.717, 1.165) is 0 Å². The Labute approximate surface area is 198 Å². The highest BCUT2D eigenvalue weighted by Crippen LogP contribution is 2.36. The minimum absolute atomic E-state index is 0.200. The van der Waals surface area contributed by atoms with E-state index in [1.807, 2.05) is 18.2 Å². The Hall–Kier alpha value is -3.36. The largest absolute Gasteiger partial charge is 0.493 e. The van der Waals surface area contributed by atoms with E-state index < -0.39 is 0 Å². The minimum Gasteiger partial charge on any atom is -0.493 e. The second kappa shape index (κ2) is 11.3. The monoisotopic (exact) mass is 515 g/mol. The maximum atomic E-state index is 12.1. The standard InChI is InChI=1S/C23H19BrClN3O4/c1-31-20-12-15(13-26-28-23(30)16-7-9-17(25)10-8-16)11-19(24)22(20)32-14-21(29)27-18-5-3-2-4-6-18/h2-13H,14H2,1H3,(H,27,29)(H,28,30)/b26-13-. The number of hydrogen-bond donors (Lipinski definition) is 2. The number of para-hydroxylation sites is 1. The first kappa shape index (κ1) is 23.3. The topological polar surface area (TPSA) is 89.0 Å². The fraction of sp³-hybridized carbons (Fsp3) is 0.0870. The highest BCUT2D eigenvalue weighted by Gasteiger charge is 2.13. The predicted molar refractivity (Wildman–Crippen MR) is 128 cm³/mol. The first-order valence-electron chi connectivity index (χ1n) is 9.40. The van der Waals surface area contributed by atoms with E-state index in [0.29, 0.717) is 37.8 Å². The molecule has 0 heterocycles. The van der Waals surface area contributed by atoms with Crippen molar-refractivity contribution in [2.24, 2.45) is 5.10 Å². The van der Waals surface area contributed by atoms with Crippen LogP contribution in [0.25, 0.3) is 0 Å². The Bertz CT molecular complexity index is 1120. The lowest BCUT2D eigenvalue weighted by Crippen LogP contribution is -2.20. The molecular weight excluding hydrogens is 498 g/mol. The second-order valence-electron chi connectivity index (χ2n) is 6.44. The molecule has 0 saturated carbocycles. The van der Waals surface area contributed by atoms with Gasteiger partial charge in [-0.3, -0.25) is 9.59 Å². The summed E-state index contributed by atoms with van der Waals surface area (Å²) in [5, 5.41) is 7.26. The number of methoxy groups -OCH3 is 1. The SMILES string of the molecule is COc1cc(/C=N\NC(=O)c2ccc(Cl)cc2)cc(Br)c1OCC(=O)Nc1ccccc1. The molecule has 0 aromatic heterocycles. The Morgan fingerprint density at radius 3 is 2.50 bits per heavy atom. The third-order valence-electron chi connectivity index (χ3n) is 4.14. The van der Waals surface area contributed by atoms with Crippen LogP contribution in [0.15, 0.2) is 76.3 Å². The molecule has 0 spiro atoms. The molecule has 7 nitrogen and oxygen atoms in total. The number of amides is 2. The zero-order valence-electron chi connectivity index (χ0n) is 17.0. The summed E-state index contributed by atoms with van der Waals surface area (Å²) in [6.45, 7) is -0.200. The molecule has 0 bridgehead atoms. The van der Waals surface area contributed by atoms with Gasteiger partial charge in [0.25, 0.3) is 11.8 Å². The van der Waals surface area contributed by atoms with Crippen LogP contribution >= 0.6 is 27.5 Å². The molecule has 164 valence electrons. The molecule has 0 aliphatic rings. The average Bonchev–Trinajstić information content (AvgIpc) is 2.79. The summed E-state index contributed by atoms with van der Waals surface area (Å²) in [6.07, 6.45) is 1.47. The Kier molecular flexibility index (Phi) is 8.24. The van der Waals surface area contributed by atoms with Crippen LogP contribution in [0.4, 0.5) is 5.69 Å². The quantitative estimate of drug-likeness (QED) is 0.329. The summed E-state index contributed by atoms with van der Waals surface area (Å²) in [4.78, 5) is 24.3. The van der Waals surface area contributed by atoms with Crippen molar-refractivity contribution >= 4 is 51.2 Å². The van der Waals surface area contributed by atoms with E-state index in [1.54, 1.807) is 48.5 Å². The van der Waals surface area contributed by atoms with Crippen molar-refractivity contribution in [3.63, 3.8) is 0 Å². The molecule has 0 radical (unpaired) electrons. The van der Waals surface area contributed by atoms with E-state index in [9.17, 15) is 9.59 Å². The maximum absolute atomic E-state index is 12.1. The van der Waals surface area contributed by atoms with Crippen LogP contribution in [0, 0.1) is 0 Å². The van der Waals surface area contributed by atoms with Crippen molar-refractivity contribution in [2.75, 3.05) is 19.0 Å². The summed E-state index contributed by atoms with van der Waals surface area (Å²) in [7, 11) is 1.49. The first-order valence-corrected chi connectivity index (χ1v) is 10.6. The molecule has 32 heavy (non-hydrogen) atoms. The van der Waals surface area contributed by atoms with E-state index in [2.05, 4.69) is 31.8 Å². The zero-order valence-corrected chi connectivity index (χ0v) is 19.3. The fourth-order valence-electron chi connectivity index (χ4n) is 2.64. The lowest BCUT2D eigenvalue weighted by molar-refractivity contribution is -0.118. The average molecular weight is 517 g/mol. The number of ether oxygens (including phenoxy) is 2. The van der Waals surface area contributed by atoms with E-state index in [1.165, 1.54) is 13.3 Å². The van der Waals surface area contributed by atoms with Crippen LogP contribution in [0.1, 0.15) is 15.9 Å². The molecule has 3 rings (SSSR count). The van der Waals surface area contributed by atoms with E-state index in [4.69, 9.17) is 21.1 Å². The van der Waals surface area contributed by atoms with Crippen LogP contribution in [0.3, 0.4) is 0 Å². The van der Waals surface area contributed by atoms with Crippen molar-refractivity contribution in [1.29, 1.82) is 0 Å². The van der Waals surface area contributed by atoms with Gasteiger partial charge in [0.15, 0.2) is 18.1 Å². The molecule has 0 saturated heterocycles. The highest BCUT2D eigenvalue weighted by molar-refractivity contribution is 9.10. The van der Waals surface area contributed by atoms with Crippen LogP contribution in [0.2, 0.25) is 5.02 Å². The number of benzene rings is 3. The summed E-state index contributed by atoms with van der Waals surface area (Å²) in [5.41, 5.74) is 4.21. The minimum atomic E-state index is -0.367. The highest BCUT2D eigenvalue weighted by atomic mass is 79.9. The van der Waals surface area contributed by atoms with Gasteiger partial charge in [0.2, 0.25) is 0 Å². The number of carbonyl (C=O) groups excluding carboxylic acids is 2. The number of halogens is 2. The summed E-state index contributed by atoms with van der Waals surface area (Å²) < 4.78 is 11.6. The van der Waals surface area contributed by atoms with Crippen molar-refractivity contribution in [2.45, 2.75) is 0 Å². The van der Waals surface area contributed by atoms with Crippen LogP contribution in [-0.2, 0) is 4.79 Å². The molecule has 2 amide bonds. The third-order valence-corrected chi connectivity index (χ3v) is 4.98. The Balaban J connectivity index is 1.62. The number of anilines is 1. The number of hydrazone groups is 1. The van der Waals surface area contributed by atoms with Gasteiger partial charge in [0.1, 0.15) is 0 Å². The van der Waals surface area contributed by atoms with Gasteiger partial charge < -0.3 is 14.8 Å². The van der Waals surface area contributed by atoms with Crippen LogP contribution < -0.4 is 20.2 Å². The van der Waals surface area contributed by atoms with Crippen molar-refractivity contribution < 1.29 is 19.1 Å². The van der Waals surface area contributed by atoms with Gasteiger partial charge in [-0.2, -0.15) is 5.10 Å². The molecule has 0 unspecified atom stereocenters. The van der Waals surface area contributed by atoms with Crippen molar-refractivity contribution in [3.8, 4) is 11.5 Å². The number of nitrogens with zero attached hydrogens (tertiary/aromatic N) is 1. The second-order valence-corrected chi connectivity index (χ2v) is 7.73. The van der Waals surface area contributed by atoms with Gasteiger partial charge in [0.05, 0.1) is 17.8 Å². The third kappa shape index (κ3) is 6.57. The summed E-state index contributed by atoms with van der Waals surface area (Å²) in [6, 6.07) is 19.0. The molecule has 0 atom stereocenters. The number of hydrogen-bond acceptors (Lipinski definition) is 5. The first-order chi connectivity index (χ1) is 15.5. The number of carbonyl (C=O) groups is 2.